The summed E-state index contributed by atoms with van der Waals surface area (Å²) < 4.78 is 19.2. The molecule has 7 nitrogen and oxygen atoms in total. The molecule has 0 radical (unpaired) electrons. The molecule has 2 atom stereocenters. The number of nitrogens with zero attached hydrogens (tertiary/aromatic N) is 3. The van der Waals surface area contributed by atoms with E-state index in [4.69, 9.17) is 25.5 Å². The van der Waals surface area contributed by atoms with E-state index in [2.05, 4.69) is 87.3 Å². The Morgan fingerprint density at radius 3 is 2.29 bits per heavy atom. The Balaban J connectivity index is 1.29. The second-order valence-electron chi connectivity index (χ2n) is 12.4. The Hall–Kier alpha value is -3.74. The highest BCUT2D eigenvalue weighted by Gasteiger charge is 2.51. The number of hydrogen-bond acceptors (Lipinski definition) is 6. The Kier molecular flexibility index (Phi) is 10.3. The predicted octanol–water partition coefficient (Wildman–Crippen LogP) is 6.32. The van der Waals surface area contributed by atoms with Crippen LogP contribution in [0.2, 0.25) is 10.2 Å². The van der Waals surface area contributed by atoms with E-state index in [0.717, 1.165) is 11.8 Å². The van der Waals surface area contributed by atoms with Crippen LogP contribution in [-0.2, 0) is 14.0 Å². The van der Waals surface area contributed by atoms with Crippen LogP contribution < -0.4 is 15.1 Å². The lowest BCUT2D eigenvalue weighted by atomic mass is 9.98. The van der Waals surface area contributed by atoms with Gasteiger partial charge in [-0.25, -0.2) is 4.98 Å². The summed E-state index contributed by atoms with van der Waals surface area (Å²) in [6, 6.07) is 28.5. The number of fused-ring (bicyclic) bond motifs is 1. The minimum atomic E-state index is -2.76. The van der Waals surface area contributed by atoms with Crippen LogP contribution in [0.3, 0.4) is 0 Å². The van der Waals surface area contributed by atoms with Gasteiger partial charge in [0.25, 0.3) is 8.32 Å². The molecule has 0 bridgehead atoms. The smallest absolute Gasteiger partial charge is 0.261 e. The van der Waals surface area contributed by atoms with Crippen molar-refractivity contribution in [3.8, 4) is 11.8 Å². The second-order valence-corrected chi connectivity index (χ2v) is 17.1. The van der Waals surface area contributed by atoms with Crippen molar-refractivity contribution in [2.45, 2.75) is 51.6 Å². The second kappa shape index (κ2) is 14.1. The zero-order chi connectivity index (χ0) is 32.0. The molecular formula is C36H40ClN3O4Si. The number of ether oxygens (including phenoxy) is 2. The molecule has 0 spiro atoms. The van der Waals surface area contributed by atoms with Crippen LogP contribution >= 0.6 is 11.6 Å². The minimum Gasteiger partial charge on any atom is -0.490 e. The largest absolute Gasteiger partial charge is 0.490 e. The number of carbonyl (C=O) groups is 1. The molecule has 1 saturated heterocycles. The lowest BCUT2D eigenvalue weighted by molar-refractivity contribution is -0.135. The summed E-state index contributed by atoms with van der Waals surface area (Å²) >= 11 is 6.26. The van der Waals surface area contributed by atoms with Gasteiger partial charge in [0.05, 0.1) is 24.8 Å². The van der Waals surface area contributed by atoms with E-state index in [0.29, 0.717) is 34.9 Å². The van der Waals surface area contributed by atoms with E-state index in [9.17, 15) is 10.1 Å². The number of halogens is 1. The number of likely N-dealkylation sites (tertiary alicyclic amines) is 1. The molecule has 0 saturated carbocycles. The van der Waals surface area contributed by atoms with Gasteiger partial charge in [0.2, 0.25) is 5.91 Å². The van der Waals surface area contributed by atoms with Gasteiger partial charge in [-0.1, -0.05) is 106 Å². The van der Waals surface area contributed by atoms with E-state index in [1.54, 1.807) is 24.4 Å². The van der Waals surface area contributed by atoms with Gasteiger partial charge >= 0.3 is 0 Å². The van der Waals surface area contributed by atoms with E-state index < -0.39 is 8.32 Å². The Labute approximate surface area is 271 Å². The van der Waals surface area contributed by atoms with Crippen molar-refractivity contribution in [2.24, 2.45) is 5.92 Å². The summed E-state index contributed by atoms with van der Waals surface area (Å²) in [5.41, 5.74) is 0.408. The minimum absolute atomic E-state index is 0.0715. The SMILES string of the molecule is CC[C@@H]1CC(=O)N(COCCOc2cc3c(Cl)nccc3cc2C#N)[C@@H]1CO[Si](c1ccccc1)(c1ccccc1)C(C)(C)C. The maximum Gasteiger partial charge on any atom is 0.261 e. The summed E-state index contributed by atoms with van der Waals surface area (Å²) in [6.07, 6.45) is 2.95. The van der Waals surface area contributed by atoms with Crippen molar-refractivity contribution in [1.82, 2.24) is 9.88 Å². The number of benzene rings is 3. The number of rotatable bonds is 12. The predicted molar refractivity (Wildman–Crippen MR) is 180 cm³/mol. The van der Waals surface area contributed by atoms with Crippen molar-refractivity contribution < 1.29 is 18.7 Å². The van der Waals surface area contributed by atoms with E-state index >= 15 is 0 Å². The van der Waals surface area contributed by atoms with Gasteiger partial charge in [0.15, 0.2) is 0 Å². The molecular weight excluding hydrogens is 602 g/mol. The zero-order valence-corrected chi connectivity index (χ0v) is 28.1. The van der Waals surface area contributed by atoms with Crippen LogP contribution in [-0.4, -0.2) is 56.7 Å². The molecule has 4 aromatic rings. The van der Waals surface area contributed by atoms with Gasteiger partial charge in [-0.2, -0.15) is 5.26 Å². The maximum atomic E-state index is 13.3. The van der Waals surface area contributed by atoms with E-state index in [1.165, 1.54) is 10.4 Å². The van der Waals surface area contributed by atoms with Crippen LogP contribution in [0, 0.1) is 17.2 Å². The number of hydrogen-bond donors (Lipinski definition) is 0. The molecule has 9 heteroatoms. The first-order valence-electron chi connectivity index (χ1n) is 15.4. The number of pyridine rings is 1. The summed E-state index contributed by atoms with van der Waals surface area (Å²) in [4.78, 5) is 19.2. The van der Waals surface area contributed by atoms with E-state index in [1.807, 2.05) is 17.0 Å². The summed E-state index contributed by atoms with van der Waals surface area (Å²) in [5, 5.41) is 13.8. The highest BCUT2D eigenvalue weighted by molar-refractivity contribution is 6.99. The lowest BCUT2D eigenvalue weighted by Gasteiger charge is -2.44. The molecule has 1 amide bonds. The van der Waals surface area contributed by atoms with Gasteiger partial charge in [0, 0.05) is 18.0 Å². The third-order valence-electron chi connectivity index (χ3n) is 8.77. The molecule has 1 aliphatic rings. The summed E-state index contributed by atoms with van der Waals surface area (Å²) in [5.74, 6) is 0.662. The topological polar surface area (TPSA) is 84.7 Å². The van der Waals surface area contributed by atoms with Gasteiger partial charge in [-0.05, 0) is 44.9 Å². The fourth-order valence-corrected chi connectivity index (χ4v) is 11.2. The maximum absolute atomic E-state index is 13.3. The van der Waals surface area contributed by atoms with Gasteiger partial charge < -0.3 is 18.8 Å². The highest BCUT2D eigenvalue weighted by atomic mass is 35.5. The quantitative estimate of drug-likeness (QED) is 0.102. The number of carbonyl (C=O) groups excluding carboxylic acids is 1. The van der Waals surface area contributed by atoms with Crippen molar-refractivity contribution in [1.29, 1.82) is 5.26 Å². The third kappa shape index (κ3) is 6.77. The number of amides is 1. The van der Waals surface area contributed by atoms with Gasteiger partial charge in [-0.15, -0.1) is 0 Å². The number of aromatic nitrogens is 1. The average molecular weight is 642 g/mol. The van der Waals surface area contributed by atoms with Crippen molar-refractivity contribution >= 4 is 47.0 Å². The molecule has 1 fully saturated rings. The van der Waals surface area contributed by atoms with Gasteiger partial charge in [0.1, 0.15) is 30.3 Å². The summed E-state index contributed by atoms with van der Waals surface area (Å²) in [7, 11) is -2.76. The molecule has 1 aromatic heterocycles. The Bertz CT molecular complexity index is 1620. The molecule has 5 rings (SSSR count). The van der Waals surface area contributed by atoms with Crippen LogP contribution in [0.25, 0.3) is 10.8 Å². The highest BCUT2D eigenvalue weighted by Crippen LogP contribution is 2.38. The van der Waals surface area contributed by atoms with Crippen LogP contribution in [0.1, 0.15) is 46.1 Å². The molecule has 0 aliphatic carbocycles. The molecule has 45 heavy (non-hydrogen) atoms. The van der Waals surface area contributed by atoms with Crippen molar-refractivity contribution in [3.63, 3.8) is 0 Å². The van der Waals surface area contributed by atoms with Gasteiger partial charge in [-0.3, -0.25) is 4.79 Å². The Morgan fingerprint density at radius 2 is 1.69 bits per heavy atom. The fourth-order valence-electron chi connectivity index (χ4n) is 6.45. The van der Waals surface area contributed by atoms with Crippen LogP contribution in [0.5, 0.6) is 5.75 Å². The molecule has 1 aliphatic heterocycles. The standard InChI is InChI=1S/C36H40ClN3O4Si/c1-5-26-21-34(41)40(25-42-18-19-43-33-22-31-27(20-28(33)23-38)16-17-39-35(31)37)32(26)24-44-45(36(2,3)4,29-12-8-6-9-13-29)30-14-10-7-11-15-30/h6-17,20,22,26,32H,5,18-19,21,24-25H2,1-4H3/t26-,32-/m1/s1. The zero-order valence-electron chi connectivity index (χ0n) is 26.3. The van der Waals surface area contributed by atoms with Crippen molar-refractivity contribution in [2.75, 3.05) is 26.6 Å². The molecule has 0 unspecified atom stereocenters. The van der Waals surface area contributed by atoms with Crippen LogP contribution in [0.4, 0.5) is 0 Å². The third-order valence-corrected chi connectivity index (χ3v) is 14.1. The first-order valence-corrected chi connectivity index (χ1v) is 17.7. The average Bonchev–Trinajstić information content (AvgIpc) is 3.35. The molecule has 3 aromatic carbocycles. The van der Waals surface area contributed by atoms with E-state index in [-0.39, 0.29) is 42.8 Å². The van der Waals surface area contributed by atoms with Crippen molar-refractivity contribution in [3.05, 3.63) is 95.8 Å². The summed E-state index contributed by atoms with van der Waals surface area (Å²) in [6.45, 7) is 9.93. The van der Waals surface area contributed by atoms with Crippen LogP contribution in [0.15, 0.2) is 85.1 Å². The normalized spacial score (nSPS) is 17.1. The first-order chi connectivity index (χ1) is 21.7. The Morgan fingerprint density at radius 1 is 1.02 bits per heavy atom. The number of nitriles is 1. The lowest BCUT2D eigenvalue weighted by Crippen LogP contribution is -2.67. The molecule has 234 valence electrons. The molecule has 2 heterocycles. The molecule has 0 N–H and O–H groups in total. The first kappa shape index (κ1) is 32.6. The fraction of sp³-hybridized carbons (Fsp3) is 0.361. The monoisotopic (exact) mass is 641 g/mol.